The molecule has 1 amide bonds. The molecule has 1 aromatic heterocycles. The summed E-state index contributed by atoms with van der Waals surface area (Å²) in [7, 11) is 0. The number of nitrogens with one attached hydrogen (secondary N) is 1. The van der Waals surface area contributed by atoms with Crippen molar-refractivity contribution >= 4 is 28.4 Å². The molecule has 0 radical (unpaired) electrons. The number of amides is 1. The summed E-state index contributed by atoms with van der Waals surface area (Å²) in [5.74, 6) is -0.292. The minimum Gasteiger partial charge on any atom is -0.507 e. The zero-order valence-corrected chi connectivity index (χ0v) is 15.9. The van der Waals surface area contributed by atoms with Crippen molar-refractivity contribution in [2.75, 3.05) is 0 Å². The van der Waals surface area contributed by atoms with E-state index >= 15 is 0 Å². The van der Waals surface area contributed by atoms with Gasteiger partial charge in [-0.3, -0.25) is 9.89 Å². The van der Waals surface area contributed by atoms with Gasteiger partial charge in [-0.15, -0.1) is 0 Å². The number of hydrogen-bond acceptors (Lipinski definition) is 4. The van der Waals surface area contributed by atoms with Gasteiger partial charge in [0.05, 0.1) is 29.5 Å². The van der Waals surface area contributed by atoms with E-state index in [1.54, 1.807) is 11.0 Å². The Labute approximate surface area is 161 Å². The Morgan fingerprint density at radius 1 is 1.30 bits per heavy atom. The van der Waals surface area contributed by atoms with Gasteiger partial charge in [0.1, 0.15) is 5.75 Å². The Morgan fingerprint density at radius 2 is 2.07 bits per heavy atom. The number of fused-ring (bicyclic) bond motifs is 2. The van der Waals surface area contributed by atoms with Crippen molar-refractivity contribution in [3.05, 3.63) is 57.7 Å². The Hall–Kier alpha value is -2.57. The molecule has 6 nitrogen and oxygen atoms in total. The summed E-state index contributed by atoms with van der Waals surface area (Å²) < 4.78 is 5.63. The minimum absolute atomic E-state index is 0.0681. The molecule has 1 aliphatic heterocycles. The van der Waals surface area contributed by atoms with E-state index in [0.29, 0.717) is 35.9 Å². The molecular formula is C20H20ClN3O3. The fraction of sp³-hybridized carbons (Fsp3) is 0.300. The molecule has 7 heteroatoms. The van der Waals surface area contributed by atoms with E-state index in [4.69, 9.17) is 16.3 Å². The lowest BCUT2D eigenvalue weighted by molar-refractivity contribution is 0.0642. The summed E-state index contributed by atoms with van der Waals surface area (Å²) in [5.41, 5.74) is 3.74. The Morgan fingerprint density at radius 3 is 2.85 bits per heavy atom. The first kappa shape index (κ1) is 17.8. The van der Waals surface area contributed by atoms with E-state index < -0.39 is 0 Å². The van der Waals surface area contributed by atoms with Crippen LogP contribution in [0.25, 0.3) is 10.9 Å². The maximum absolute atomic E-state index is 13.0. The van der Waals surface area contributed by atoms with Crippen LogP contribution in [0.2, 0.25) is 5.02 Å². The van der Waals surface area contributed by atoms with Gasteiger partial charge in [-0.2, -0.15) is 5.10 Å². The van der Waals surface area contributed by atoms with Gasteiger partial charge < -0.3 is 14.7 Å². The van der Waals surface area contributed by atoms with Gasteiger partial charge in [-0.05, 0) is 43.2 Å². The predicted octanol–water partition coefficient (Wildman–Crippen LogP) is 4.00. The quantitative estimate of drug-likeness (QED) is 0.711. The highest BCUT2D eigenvalue weighted by atomic mass is 35.5. The second-order valence-corrected chi connectivity index (χ2v) is 7.46. The molecule has 2 heterocycles. The summed E-state index contributed by atoms with van der Waals surface area (Å²) in [6.07, 6.45) is 0.0740. The molecule has 1 aliphatic rings. The standard InChI is InChI=1S/C20H20ClN3O3/c1-11(2)27-10-18-15-6-16(19(25)7-17(15)22-23-18)20(26)24-8-12-3-4-14(21)5-13(12)9-24/h3-7,11,25H,8-10H2,1-2H3,(H,22,23). The van der Waals surface area contributed by atoms with Crippen molar-refractivity contribution < 1.29 is 14.6 Å². The third kappa shape index (κ3) is 3.38. The number of ether oxygens (including phenoxy) is 1. The number of benzene rings is 2. The molecule has 0 spiro atoms. The number of phenols is 1. The molecule has 0 unspecified atom stereocenters. The first-order valence-electron chi connectivity index (χ1n) is 8.80. The van der Waals surface area contributed by atoms with Crippen molar-refractivity contribution in [2.45, 2.75) is 39.6 Å². The molecule has 0 bridgehead atoms. The molecule has 4 rings (SSSR count). The summed E-state index contributed by atoms with van der Waals surface area (Å²) in [6.45, 7) is 5.21. The number of halogens is 1. The molecule has 2 N–H and O–H groups in total. The van der Waals surface area contributed by atoms with Crippen LogP contribution in [-0.4, -0.2) is 32.2 Å². The summed E-state index contributed by atoms with van der Waals surface area (Å²) in [6, 6.07) is 8.86. The summed E-state index contributed by atoms with van der Waals surface area (Å²) in [5, 5.41) is 18.9. The predicted molar refractivity (Wildman–Crippen MR) is 103 cm³/mol. The number of aromatic nitrogens is 2. The Bertz CT molecular complexity index is 1030. The molecule has 0 saturated carbocycles. The lowest BCUT2D eigenvalue weighted by Gasteiger charge is -2.16. The zero-order valence-electron chi connectivity index (χ0n) is 15.1. The number of phenolic OH excluding ortho intramolecular Hbond substituents is 1. The number of nitrogens with zero attached hydrogens (tertiary/aromatic N) is 2. The van der Waals surface area contributed by atoms with Gasteiger partial charge in [-0.1, -0.05) is 17.7 Å². The Balaban J connectivity index is 1.64. The zero-order chi connectivity index (χ0) is 19.1. The highest BCUT2D eigenvalue weighted by Crippen LogP contribution is 2.31. The normalized spacial score (nSPS) is 13.6. The molecule has 0 atom stereocenters. The van der Waals surface area contributed by atoms with Crippen LogP contribution in [0.1, 0.15) is 41.0 Å². The molecule has 140 valence electrons. The number of aromatic amines is 1. The molecule has 3 aromatic rings. The van der Waals surface area contributed by atoms with Crippen molar-refractivity contribution in [3.63, 3.8) is 0 Å². The van der Waals surface area contributed by atoms with E-state index in [1.165, 1.54) is 6.07 Å². The first-order valence-corrected chi connectivity index (χ1v) is 9.18. The van der Waals surface area contributed by atoms with Crippen molar-refractivity contribution in [1.82, 2.24) is 15.1 Å². The van der Waals surface area contributed by atoms with E-state index in [-0.39, 0.29) is 23.3 Å². The van der Waals surface area contributed by atoms with Crippen LogP contribution in [0, 0.1) is 0 Å². The topological polar surface area (TPSA) is 78.5 Å². The van der Waals surface area contributed by atoms with Crippen LogP contribution in [-0.2, 0) is 24.4 Å². The number of H-pyrrole nitrogens is 1. The average molecular weight is 386 g/mol. The fourth-order valence-electron chi connectivity index (χ4n) is 3.31. The van der Waals surface area contributed by atoms with Crippen molar-refractivity contribution in [3.8, 4) is 5.75 Å². The van der Waals surface area contributed by atoms with E-state index in [2.05, 4.69) is 10.2 Å². The first-order chi connectivity index (χ1) is 12.9. The van der Waals surface area contributed by atoms with Crippen molar-refractivity contribution in [1.29, 1.82) is 0 Å². The van der Waals surface area contributed by atoms with Crippen LogP contribution in [0.15, 0.2) is 30.3 Å². The van der Waals surface area contributed by atoms with Crippen LogP contribution in [0.5, 0.6) is 5.75 Å². The van der Waals surface area contributed by atoms with Gasteiger partial charge in [0.2, 0.25) is 0 Å². The lowest BCUT2D eigenvalue weighted by Crippen LogP contribution is -2.25. The van der Waals surface area contributed by atoms with Gasteiger partial charge in [-0.25, -0.2) is 0 Å². The van der Waals surface area contributed by atoms with Gasteiger partial charge in [0.25, 0.3) is 5.91 Å². The molecule has 0 aliphatic carbocycles. The summed E-state index contributed by atoms with van der Waals surface area (Å²) >= 11 is 6.05. The molecule has 2 aromatic carbocycles. The maximum atomic E-state index is 13.0. The molecule has 27 heavy (non-hydrogen) atoms. The third-order valence-corrected chi connectivity index (χ3v) is 4.95. The number of rotatable bonds is 4. The van der Waals surface area contributed by atoms with E-state index in [9.17, 15) is 9.90 Å². The number of aromatic hydroxyl groups is 1. The summed E-state index contributed by atoms with van der Waals surface area (Å²) in [4.78, 5) is 14.7. The molecular weight excluding hydrogens is 366 g/mol. The van der Waals surface area contributed by atoms with Gasteiger partial charge in [0, 0.05) is 29.6 Å². The number of carbonyl (C=O) groups excluding carboxylic acids is 1. The smallest absolute Gasteiger partial charge is 0.258 e. The highest BCUT2D eigenvalue weighted by Gasteiger charge is 2.27. The van der Waals surface area contributed by atoms with E-state index in [0.717, 1.165) is 16.5 Å². The van der Waals surface area contributed by atoms with Gasteiger partial charge in [0.15, 0.2) is 0 Å². The fourth-order valence-corrected chi connectivity index (χ4v) is 3.51. The van der Waals surface area contributed by atoms with Crippen LogP contribution >= 0.6 is 11.6 Å². The van der Waals surface area contributed by atoms with Crippen molar-refractivity contribution in [2.24, 2.45) is 0 Å². The minimum atomic E-state index is -0.223. The largest absolute Gasteiger partial charge is 0.507 e. The maximum Gasteiger partial charge on any atom is 0.258 e. The molecule has 0 saturated heterocycles. The highest BCUT2D eigenvalue weighted by molar-refractivity contribution is 6.30. The monoisotopic (exact) mass is 385 g/mol. The average Bonchev–Trinajstić information content (AvgIpc) is 3.21. The number of hydrogen-bond donors (Lipinski definition) is 2. The van der Waals surface area contributed by atoms with Gasteiger partial charge >= 0.3 is 0 Å². The third-order valence-electron chi connectivity index (χ3n) is 4.72. The Kier molecular flexibility index (Phi) is 4.53. The van der Waals surface area contributed by atoms with E-state index in [1.807, 2.05) is 32.0 Å². The molecule has 0 fully saturated rings. The van der Waals surface area contributed by atoms with Crippen LogP contribution < -0.4 is 0 Å². The van der Waals surface area contributed by atoms with Crippen LogP contribution in [0.3, 0.4) is 0 Å². The SMILES string of the molecule is CC(C)OCc1n[nH]c2cc(O)c(C(=O)N3Cc4ccc(Cl)cc4C3)cc12. The lowest BCUT2D eigenvalue weighted by atomic mass is 10.1. The van der Waals surface area contributed by atoms with Crippen LogP contribution in [0.4, 0.5) is 0 Å². The number of carbonyl (C=O) groups is 1. The second-order valence-electron chi connectivity index (χ2n) is 7.02. The second kappa shape index (κ2) is 6.87.